The number of benzene rings is 2. The molecule has 1 amide bonds. The smallest absolute Gasteiger partial charge is 0.262 e. The summed E-state index contributed by atoms with van der Waals surface area (Å²) in [5.41, 5.74) is 5.93. The molecule has 0 radical (unpaired) electrons. The second-order valence-corrected chi connectivity index (χ2v) is 5.01. The summed E-state index contributed by atoms with van der Waals surface area (Å²) in [6.07, 6.45) is 0. The van der Waals surface area contributed by atoms with Crippen molar-refractivity contribution in [3.05, 3.63) is 52.5 Å². The number of carbonyl (C=O) groups is 1. The van der Waals surface area contributed by atoms with Gasteiger partial charge in [-0.3, -0.25) is 4.79 Å². The molecule has 2 aromatic rings. The topological polar surface area (TPSA) is 64.3 Å². The number of nitrogens with two attached hydrogens (primary N) is 1. The van der Waals surface area contributed by atoms with Crippen LogP contribution in [0.15, 0.2) is 40.9 Å². The lowest BCUT2D eigenvalue weighted by Crippen LogP contribution is -2.21. The van der Waals surface area contributed by atoms with Gasteiger partial charge in [-0.2, -0.15) is 0 Å². The van der Waals surface area contributed by atoms with Crippen LogP contribution in [0.25, 0.3) is 0 Å². The van der Waals surface area contributed by atoms with Crippen LogP contribution in [-0.4, -0.2) is 12.5 Å². The molecule has 2 rings (SSSR count). The van der Waals surface area contributed by atoms with Crippen molar-refractivity contribution in [2.75, 3.05) is 17.7 Å². The van der Waals surface area contributed by atoms with Gasteiger partial charge >= 0.3 is 0 Å². The van der Waals surface area contributed by atoms with Gasteiger partial charge in [0.05, 0.1) is 5.69 Å². The van der Waals surface area contributed by atoms with Crippen LogP contribution in [0.5, 0.6) is 5.75 Å². The average molecular weight is 357 g/mol. The van der Waals surface area contributed by atoms with E-state index in [-0.39, 0.29) is 16.8 Å². The highest BCUT2D eigenvalue weighted by Gasteiger charge is 2.13. The lowest BCUT2D eigenvalue weighted by Gasteiger charge is -2.10. The molecule has 0 aliphatic heterocycles. The first-order valence-corrected chi connectivity index (χ1v) is 6.68. The van der Waals surface area contributed by atoms with Crippen molar-refractivity contribution in [1.29, 1.82) is 0 Å². The number of nitrogens with one attached hydrogen (secondary N) is 1. The molecule has 0 aliphatic carbocycles. The Labute approximate surface area is 128 Å². The summed E-state index contributed by atoms with van der Waals surface area (Å²) in [6, 6.07) is 8.28. The lowest BCUT2D eigenvalue weighted by atomic mass is 10.3. The number of ether oxygens (including phenoxy) is 1. The Morgan fingerprint density at radius 1 is 1.29 bits per heavy atom. The lowest BCUT2D eigenvalue weighted by molar-refractivity contribution is -0.118. The molecule has 0 fully saturated rings. The van der Waals surface area contributed by atoms with E-state index >= 15 is 0 Å². The Balaban J connectivity index is 1.99. The third-order valence-corrected chi connectivity index (χ3v) is 3.12. The van der Waals surface area contributed by atoms with Crippen molar-refractivity contribution in [2.45, 2.75) is 0 Å². The molecule has 0 unspecified atom stereocenters. The van der Waals surface area contributed by atoms with Crippen molar-refractivity contribution < 1.29 is 18.3 Å². The highest BCUT2D eigenvalue weighted by atomic mass is 79.9. The van der Waals surface area contributed by atoms with Crippen LogP contribution in [0.2, 0.25) is 0 Å². The monoisotopic (exact) mass is 356 g/mol. The summed E-state index contributed by atoms with van der Waals surface area (Å²) in [7, 11) is 0. The van der Waals surface area contributed by atoms with Crippen LogP contribution in [0, 0.1) is 11.6 Å². The molecule has 3 N–H and O–H groups in total. The van der Waals surface area contributed by atoms with Crippen molar-refractivity contribution in [1.82, 2.24) is 0 Å². The van der Waals surface area contributed by atoms with E-state index < -0.39 is 17.5 Å². The molecule has 0 aliphatic rings. The molecule has 0 bridgehead atoms. The summed E-state index contributed by atoms with van der Waals surface area (Å²) < 4.78 is 31.8. The Hall–Kier alpha value is -2.15. The standard InChI is InChI=1S/C14H11BrF2N2O2/c15-11-4-8(16)5-12(17)14(11)19-13(20)7-21-10-3-1-2-9(18)6-10/h1-6H,7,18H2,(H,19,20). The number of amides is 1. The summed E-state index contributed by atoms with van der Waals surface area (Å²) in [6.45, 7) is -0.327. The molecule has 21 heavy (non-hydrogen) atoms. The van der Waals surface area contributed by atoms with Crippen LogP contribution in [-0.2, 0) is 4.79 Å². The Morgan fingerprint density at radius 3 is 2.71 bits per heavy atom. The van der Waals surface area contributed by atoms with E-state index in [1.807, 2.05) is 0 Å². The first-order chi connectivity index (χ1) is 9.95. The Morgan fingerprint density at radius 2 is 2.05 bits per heavy atom. The van der Waals surface area contributed by atoms with Gasteiger partial charge in [-0.25, -0.2) is 8.78 Å². The fourth-order valence-corrected chi connectivity index (χ4v) is 2.10. The maximum atomic E-state index is 13.5. The number of hydrogen-bond donors (Lipinski definition) is 2. The van der Waals surface area contributed by atoms with Gasteiger partial charge in [-0.05, 0) is 34.1 Å². The highest BCUT2D eigenvalue weighted by Crippen LogP contribution is 2.26. The van der Waals surface area contributed by atoms with Crippen LogP contribution in [0.4, 0.5) is 20.2 Å². The molecule has 4 nitrogen and oxygen atoms in total. The first kappa shape index (κ1) is 15.2. The molecule has 2 aromatic carbocycles. The van der Waals surface area contributed by atoms with Crippen LogP contribution < -0.4 is 15.8 Å². The minimum absolute atomic E-state index is 0.109. The highest BCUT2D eigenvalue weighted by molar-refractivity contribution is 9.10. The van der Waals surface area contributed by atoms with Gasteiger partial charge in [0.15, 0.2) is 12.4 Å². The molecule has 0 saturated carbocycles. The second kappa shape index (κ2) is 6.53. The average Bonchev–Trinajstić information content (AvgIpc) is 2.40. The fourth-order valence-electron chi connectivity index (χ4n) is 1.59. The summed E-state index contributed by atoms with van der Waals surface area (Å²) in [5, 5.41) is 2.31. The summed E-state index contributed by atoms with van der Waals surface area (Å²) in [4.78, 5) is 11.7. The van der Waals surface area contributed by atoms with Gasteiger partial charge in [-0.15, -0.1) is 0 Å². The fraction of sp³-hybridized carbons (Fsp3) is 0.0714. The first-order valence-electron chi connectivity index (χ1n) is 5.88. The molecule has 0 atom stereocenters. The van der Waals surface area contributed by atoms with Crippen LogP contribution in [0.1, 0.15) is 0 Å². The number of rotatable bonds is 4. The van der Waals surface area contributed by atoms with Crippen LogP contribution in [0.3, 0.4) is 0 Å². The maximum absolute atomic E-state index is 13.5. The quantitative estimate of drug-likeness (QED) is 0.825. The molecule has 0 spiro atoms. The van der Waals surface area contributed by atoms with E-state index in [1.165, 1.54) is 0 Å². The largest absolute Gasteiger partial charge is 0.484 e. The SMILES string of the molecule is Nc1cccc(OCC(=O)Nc2c(F)cc(F)cc2Br)c1. The van der Waals surface area contributed by atoms with E-state index in [1.54, 1.807) is 24.3 Å². The number of anilines is 2. The molecule has 110 valence electrons. The summed E-state index contributed by atoms with van der Waals surface area (Å²) >= 11 is 2.98. The van der Waals surface area contributed by atoms with E-state index in [4.69, 9.17) is 10.5 Å². The minimum Gasteiger partial charge on any atom is -0.484 e. The number of nitrogen functional groups attached to an aromatic ring is 1. The number of carbonyl (C=O) groups excluding carboxylic acids is 1. The minimum atomic E-state index is -0.876. The van der Waals surface area contributed by atoms with Crippen molar-refractivity contribution in [2.24, 2.45) is 0 Å². The van der Waals surface area contributed by atoms with Gasteiger partial charge in [-0.1, -0.05) is 6.07 Å². The molecule has 7 heteroatoms. The van der Waals surface area contributed by atoms with E-state index in [0.29, 0.717) is 17.5 Å². The molecule has 0 saturated heterocycles. The van der Waals surface area contributed by atoms with E-state index in [2.05, 4.69) is 21.2 Å². The van der Waals surface area contributed by atoms with Gasteiger partial charge in [0.25, 0.3) is 5.91 Å². The zero-order chi connectivity index (χ0) is 15.4. The zero-order valence-electron chi connectivity index (χ0n) is 10.7. The van der Waals surface area contributed by atoms with E-state index in [0.717, 1.165) is 6.07 Å². The molecular weight excluding hydrogens is 346 g/mol. The predicted molar refractivity (Wildman–Crippen MR) is 79.0 cm³/mol. The summed E-state index contributed by atoms with van der Waals surface area (Å²) in [5.74, 6) is -1.78. The van der Waals surface area contributed by atoms with Crippen molar-refractivity contribution in [3.8, 4) is 5.75 Å². The van der Waals surface area contributed by atoms with Crippen LogP contribution >= 0.6 is 15.9 Å². The van der Waals surface area contributed by atoms with Gasteiger partial charge in [0, 0.05) is 22.3 Å². The second-order valence-electron chi connectivity index (χ2n) is 4.15. The van der Waals surface area contributed by atoms with E-state index in [9.17, 15) is 13.6 Å². The number of halogens is 3. The third-order valence-electron chi connectivity index (χ3n) is 2.50. The number of hydrogen-bond acceptors (Lipinski definition) is 3. The van der Waals surface area contributed by atoms with Gasteiger partial charge in [0.2, 0.25) is 0 Å². The third kappa shape index (κ3) is 4.16. The molecule has 0 heterocycles. The molecular formula is C14H11BrF2N2O2. The molecule has 0 aromatic heterocycles. The van der Waals surface area contributed by atoms with Gasteiger partial charge < -0.3 is 15.8 Å². The van der Waals surface area contributed by atoms with Gasteiger partial charge in [0.1, 0.15) is 11.6 Å². The van der Waals surface area contributed by atoms with Crippen molar-refractivity contribution >= 4 is 33.2 Å². The Kier molecular flexibility index (Phi) is 4.74. The predicted octanol–water partition coefficient (Wildman–Crippen LogP) is 3.33. The maximum Gasteiger partial charge on any atom is 0.262 e. The zero-order valence-corrected chi connectivity index (χ0v) is 12.3. The normalized spacial score (nSPS) is 10.2. The Bertz CT molecular complexity index is 657. The van der Waals surface area contributed by atoms with Crippen molar-refractivity contribution in [3.63, 3.8) is 0 Å².